The Labute approximate surface area is 113 Å². The molecule has 5 heteroatoms. The molecule has 0 atom stereocenters. The van der Waals surface area contributed by atoms with Gasteiger partial charge >= 0.3 is 0 Å². The summed E-state index contributed by atoms with van der Waals surface area (Å²) in [5.74, 6) is 0.394. The van der Waals surface area contributed by atoms with E-state index in [0.717, 1.165) is 10.0 Å². The summed E-state index contributed by atoms with van der Waals surface area (Å²) in [7, 11) is 0. The maximum absolute atomic E-state index is 7.31. The van der Waals surface area contributed by atoms with Crippen molar-refractivity contribution in [1.82, 2.24) is 4.98 Å². The molecule has 18 heavy (non-hydrogen) atoms. The van der Waals surface area contributed by atoms with Crippen LogP contribution in [0.15, 0.2) is 46.9 Å². The molecule has 0 saturated heterocycles. The molecule has 0 fully saturated rings. The van der Waals surface area contributed by atoms with Gasteiger partial charge in [-0.15, -0.1) is 0 Å². The highest BCUT2D eigenvalue weighted by atomic mass is 79.9. The molecule has 0 spiro atoms. The second-order valence-electron chi connectivity index (χ2n) is 3.69. The second kappa shape index (κ2) is 5.64. The summed E-state index contributed by atoms with van der Waals surface area (Å²) in [6, 6.07) is 13.0. The zero-order valence-electron chi connectivity index (χ0n) is 9.56. The number of nitrogens with zero attached hydrogens (tertiary/aromatic N) is 1. The van der Waals surface area contributed by atoms with Crippen LogP contribution in [0.25, 0.3) is 0 Å². The van der Waals surface area contributed by atoms with Gasteiger partial charge in [0.25, 0.3) is 0 Å². The lowest BCUT2D eigenvalue weighted by Gasteiger charge is -2.06. The first kappa shape index (κ1) is 12.6. The fourth-order valence-electron chi connectivity index (χ4n) is 1.43. The van der Waals surface area contributed by atoms with Gasteiger partial charge in [0.2, 0.25) is 5.88 Å². The molecule has 0 unspecified atom stereocenters. The third-order valence-electron chi connectivity index (χ3n) is 2.28. The molecule has 1 heterocycles. The van der Waals surface area contributed by atoms with Crippen LogP contribution in [-0.2, 0) is 6.61 Å². The van der Waals surface area contributed by atoms with Gasteiger partial charge in [0.15, 0.2) is 0 Å². The number of nitrogens with one attached hydrogen (secondary N) is 1. The van der Waals surface area contributed by atoms with Gasteiger partial charge in [0, 0.05) is 10.5 Å². The predicted molar refractivity (Wildman–Crippen MR) is 73.7 cm³/mol. The Bertz CT molecular complexity index is 572. The summed E-state index contributed by atoms with van der Waals surface area (Å²) < 4.78 is 6.56. The van der Waals surface area contributed by atoms with E-state index in [-0.39, 0.29) is 5.84 Å². The third kappa shape index (κ3) is 3.30. The summed E-state index contributed by atoms with van der Waals surface area (Å²) in [5, 5.41) is 7.31. The first-order valence-corrected chi connectivity index (χ1v) is 6.13. The summed E-state index contributed by atoms with van der Waals surface area (Å²) >= 11 is 3.40. The lowest BCUT2D eigenvalue weighted by Crippen LogP contribution is -2.13. The molecule has 0 aliphatic heterocycles. The topological polar surface area (TPSA) is 72.0 Å². The fourth-order valence-corrected chi connectivity index (χ4v) is 1.88. The van der Waals surface area contributed by atoms with E-state index in [9.17, 15) is 0 Å². The molecule has 0 aliphatic rings. The third-order valence-corrected chi connectivity index (χ3v) is 2.77. The molecular formula is C13H12BrN3O. The quantitative estimate of drug-likeness (QED) is 0.674. The number of rotatable bonds is 4. The van der Waals surface area contributed by atoms with Crippen molar-refractivity contribution < 1.29 is 4.74 Å². The van der Waals surface area contributed by atoms with Crippen molar-refractivity contribution in [2.75, 3.05) is 0 Å². The zero-order valence-corrected chi connectivity index (χ0v) is 11.1. The molecule has 0 amide bonds. The predicted octanol–water partition coefficient (Wildman–Crippen LogP) is 2.71. The van der Waals surface area contributed by atoms with E-state index in [1.165, 1.54) is 0 Å². The van der Waals surface area contributed by atoms with Gasteiger partial charge < -0.3 is 10.5 Å². The van der Waals surface area contributed by atoms with E-state index >= 15 is 0 Å². The molecule has 1 aromatic carbocycles. The average molecular weight is 306 g/mol. The number of halogens is 1. The number of benzene rings is 1. The number of amidine groups is 1. The van der Waals surface area contributed by atoms with Crippen molar-refractivity contribution in [1.29, 1.82) is 5.41 Å². The Morgan fingerprint density at radius 1 is 1.28 bits per heavy atom. The smallest absolute Gasteiger partial charge is 0.214 e. The van der Waals surface area contributed by atoms with Crippen LogP contribution in [0.2, 0.25) is 0 Å². The summed E-state index contributed by atoms with van der Waals surface area (Å²) in [5.41, 5.74) is 6.83. The van der Waals surface area contributed by atoms with Crippen molar-refractivity contribution in [2.45, 2.75) is 6.61 Å². The lowest BCUT2D eigenvalue weighted by molar-refractivity contribution is 0.293. The number of hydrogen-bond acceptors (Lipinski definition) is 3. The summed E-state index contributed by atoms with van der Waals surface area (Å²) in [4.78, 5) is 4.13. The number of aromatic nitrogens is 1. The molecule has 2 rings (SSSR count). The van der Waals surface area contributed by atoms with E-state index in [4.69, 9.17) is 15.9 Å². The van der Waals surface area contributed by atoms with E-state index in [0.29, 0.717) is 18.2 Å². The minimum atomic E-state index is -0.0668. The van der Waals surface area contributed by atoms with E-state index in [2.05, 4.69) is 20.9 Å². The highest BCUT2D eigenvalue weighted by Gasteiger charge is 2.02. The molecule has 0 bridgehead atoms. The Morgan fingerprint density at radius 3 is 2.78 bits per heavy atom. The monoisotopic (exact) mass is 305 g/mol. The first-order chi connectivity index (χ1) is 8.65. The largest absolute Gasteiger partial charge is 0.473 e. The lowest BCUT2D eigenvalue weighted by atomic mass is 10.2. The fraction of sp³-hybridized carbons (Fsp3) is 0.0769. The second-order valence-corrected chi connectivity index (χ2v) is 4.61. The van der Waals surface area contributed by atoms with Crippen LogP contribution in [-0.4, -0.2) is 10.8 Å². The highest BCUT2D eigenvalue weighted by Crippen LogP contribution is 2.14. The minimum Gasteiger partial charge on any atom is -0.473 e. The average Bonchev–Trinajstić information content (AvgIpc) is 2.37. The Kier molecular flexibility index (Phi) is 3.94. The van der Waals surface area contributed by atoms with Gasteiger partial charge in [-0.25, -0.2) is 4.98 Å². The standard InChI is InChI=1S/C13H12BrN3O/c14-10-4-1-3-9(7-10)8-18-12-6-2-5-11(17-12)13(15)16/h1-7H,8H2,(H3,15,16). The number of nitrogens with two attached hydrogens (primary N) is 1. The number of hydrogen-bond donors (Lipinski definition) is 2. The van der Waals surface area contributed by atoms with Crippen LogP contribution < -0.4 is 10.5 Å². The number of pyridine rings is 1. The number of ether oxygens (including phenoxy) is 1. The maximum atomic E-state index is 7.31. The molecule has 0 radical (unpaired) electrons. The van der Waals surface area contributed by atoms with Crippen LogP contribution in [0.4, 0.5) is 0 Å². The first-order valence-electron chi connectivity index (χ1n) is 5.34. The Balaban J connectivity index is 2.06. The van der Waals surface area contributed by atoms with Crippen LogP contribution >= 0.6 is 15.9 Å². The minimum absolute atomic E-state index is 0.0668. The van der Waals surface area contributed by atoms with Gasteiger partial charge in [-0.2, -0.15) is 0 Å². The number of nitrogen functional groups attached to an aromatic ring is 1. The van der Waals surface area contributed by atoms with Crippen molar-refractivity contribution in [2.24, 2.45) is 5.73 Å². The van der Waals surface area contributed by atoms with Crippen LogP contribution in [0, 0.1) is 5.41 Å². The van der Waals surface area contributed by atoms with E-state index < -0.39 is 0 Å². The summed E-state index contributed by atoms with van der Waals surface area (Å²) in [6.45, 7) is 0.424. The van der Waals surface area contributed by atoms with Gasteiger partial charge in [0.05, 0.1) is 0 Å². The van der Waals surface area contributed by atoms with Crippen molar-refractivity contribution in [3.63, 3.8) is 0 Å². The van der Waals surface area contributed by atoms with Crippen LogP contribution in [0.5, 0.6) is 5.88 Å². The Morgan fingerprint density at radius 2 is 2.06 bits per heavy atom. The maximum Gasteiger partial charge on any atom is 0.214 e. The SMILES string of the molecule is N=C(N)c1cccc(OCc2cccc(Br)c2)n1. The van der Waals surface area contributed by atoms with Crippen LogP contribution in [0.3, 0.4) is 0 Å². The van der Waals surface area contributed by atoms with Crippen LogP contribution in [0.1, 0.15) is 11.3 Å². The van der Waals surface area contributed by atoms with Gasteiger partial charge in [-0.3, -0.25) is 5.41 Å². The van der Waals surface area contributed by atoms with E-state index in [1.54, 1.807) is 18.2 Å². The van der Waals surface area contributed by atoms with Gasteiger partial charge in [-0.1, -0.05) is 34.1 Å². The molecule has 0 saturated carbocycles. The van der Waals surface area contributed by atoms with Crippen molar-refractivity contribution in [3.8, 4) is 5.88 Å². The molecule has 92 valence electrons. The van der Waals surface area contributed by atoms with Crippen molar-refractivity contribution in [3.05, 3.63) is 58.2 Å². The molecule has 4 nitrogen and oxygen atoms in total. The molecule has 3 N–H and O–H groups in total. The van der Waals surface area contributed by atoms with Gasteiger partial charge in [-0.05, 0) is 23.8 Å². The summed E-state index contributed by atoms with van der Waals surface area (Å²) in [6.07, 6.45) is 0. The van der Waals surface area contributed by atoms with E-state index in [1.807, 2.05) is 24.3 Å². The molecule has 1 aromatic heterocycles. The molecule has 2 aromatic rings. The normalized spacial score (nSPS) is 10.1. The van der Waals surface area contributed by atoms with Crippen molar-refractivity contribution >= 4 is 21.8 Å². The van der Waals surface area contributed by atoms with Gasteiger partial charge in [0.1, 0.15) is 18.1 Å². The Hall–Kier alpha value is -1.88. The molecule has 0 aliphatic carbocycles. The zero-order chi connectivity index (χ0) is 13.0. The highest BCUT2D eigenvalue weighted by molar-refractivity contribution is 9.10. The molecular weight excluding hydrogens is 294 g/mol.